The lowest BCUT2D eigenvalue weighted by Gasteiger charge is -2.08. The summed E-state index contributed by atoms with van der Waals surface area (Å²) in [5, 5.41) is 8.55. The summed E-state index contributed by atoms with van der Waals surface area (Å²) in [5.41, 5.74) is 0. The van der Waals surface area contributed by atoms with Crippen molar-refractivity contribution in [3.05, 3.63) is 0 Å². The largest absolute Gasteiger partial charge is 0.463 e. The van der Waals surface area contributed by atoms with Gasteiger partial charge < -0.3 is 33.5 Å². The molecule has 0 aromatic heterocycles. The van der Waals surface area contributed by atoms with Crippen LogP contribution in [0.25, 0.3) is 0 Å². The average molecular weight is 493 g/mol. The zero-order valence-electron chi connectivity index (χ0n) is 21.8. The van der Waals surface area contributed by atoms with Gasteiger partial charge >= 0.3 is 5.97 Å². The number of esters is 1. The van der Waals surface area contributed by atoms with Crippen molar-refractivity contribution in [2.75, 3.05) is 79.3 Å². The van der Waals surface area contributed by atoms with E-state index in [2.05, 4.69) is 6.92 Å². The lowest BCUT2D eigenvalue weighted by atomic mass is 10.1. The first-order valence-corrected chi connectivity index (χ1v) is 13.5. The number of carbonyl (C=O) groups excluding carboxylic acids is 1. The fourth-order valence-electron chi connectivity index (χ4n) is 3.27. The maximum Gasteiger partial charge on any atom is 0.305 e. The highest BCUT2D eigenvalue weighted by Gasteiger charge is 2.02. The normalized spacial score (nSPS) is 11.2. The Hall–Kier alpha value is -0.770. The summed E-state index contributed by atoms with van der Waals surface area (Å²) in [6.07, 6.45) is 14.5. The van der Waals surface area contributed by atoms with Crippen molar-refractivity contribution >= 4 is 5.97 Å². The van der Waals surface area contributed by atoms with E-state index in [1.807, 2.05) is 0 Å². The number of hydrogen-bond acceptors (Lipinski definition) is 8. The molecule has 0 aliphatic carbocycles. The third-order valence-electron chi connectivity index (χ3n) is 5.20. The third-order valence-corrected chi connectivity index (χ3v) is 5.20. The van der Waals surface area contributed by atoms with Crippen LogP contribution in [0.5, 0.6) is 0 Å². The Bertz CT molecular complexity index is 395. The molecule has 0 saturated carbocycles. The summed E-state index contributed by atoms with van der Waals surface area (Å²) in [6.45, 7) is 7.23. The molecule has 0 aromatic carbocycles. The molecular formula is C26H52O8. The van der Waals surface area contributed by atoms with Gasteiger partial charge in [0.25, 0.3) is 0 Å². The maximum atomic E-state index is 11.7. The zero-order chi connectivity index (χ0) is 24.8. The molecule has 34 heavy (non-hydrogen) atoms. The molecule has 0 aliphatic rings. The molecule has 0 spiro atoms. The molecule has 0 aromatic rings. The minimum absolute atomic E-state index is 0.0289. The van der Waals surface area contributed by atoms with Crippen LogP contribution in [0.1, 0.15) is 84.0 Å². The lowest BCUT2D eigenvalue weighted by Crippen LogP contribution is -2.15. The van der Waals surface area contributed by atoms with Crippen LogP contribution in [0.2, 0.25) is 0 Å². The van der Waals surface area contributed by atoms with E-state index in [0.29, 0.717) is 79.1 Å². The second-order valence-corrected chi connectivity index (χ2v) is 8.29. The Morgan fingerprint density at radius 1 is 0.500 bits per heavy atom. The highest BCUT2D eigenvalue weighted by Crippen LogP contribution is 2.12. The number of unbranched alkanes of at least 4 members (excludes halogenated alkanes) is 10. The van der Waals surface area contributed by atoms with E-state index in [1.54, 1.807) is 0 Å². The Morgan fingerprint density at radius 3 is 1.26 bits per heavy atom. The molecule has 0 rings (SSSR count). The number of aliphatic hydroxyl groups excluding tert-OH is 1. The number of carbonyl (C=O) groups is 1. The van der Waals surface area contributed by atoms with Crippen LogP contribution < -0.4 is 0 Å². The summed E-state index contributed by atoms with van der Waals surface area (Å²) in [4.78, 5) is 11.7. The van der Waals surface area contributed by atoms with Gasteiger partial charge in [0.15, 0.2) is 0 Å². The standard InChI is InChI=1S/C26H52O8/c1-2-3-4-5-6-7-8-9-10-11-12-13-26(28)34-25-24-33-23-22-32-21-20-31-19-18-30-17-16-29-15-14-27/h27H,2-25H2,1H3. The van der Waals surface area contributed by atoms with E-state index in [-0.39, 0.29) is 12.6 Å². The lowest BCUT2D eigenvalue weighted by molar-refractivity contribution is -0.145. The van der Waals surface area contributed by atoms with Gasteiger partial charge in [0, 0.05) is 6.42 Å². The predicted octanol–water partition coefficient (Wildman–Crippen LogP) is 4.31. The zero-order valence-corrected chi connectivity index (χ0v) is 21.8. The van der Waals surface area contributed by atoms with Gasteiger partial charge in [0.1, 0.15) is 6.61 Å². The average Bonchev–Trinajstić information content (AvgIpc) is 2.84. The second kappa shape index (κ2) is 30.3. The smallest absolute Gasteiger partial charge is 0.305 e. The molecular weight excluding hydrogens is 440 g/mol. The van der Waals surface area contributed by atoms with E-state index in [9.17, 15) is 4.79 Å². The van der Waals surface area contributed by atoms with Crippen LogP contribution in [-0.2, 0) is 33.2 Å². The summed E-state index contributed by atoms with van der Waals surface area (Å²) in [5.74, 6) is -0.130. The number of aliphatic hydroxyl groups is 1. The van der Waals surface area contributed by atoms with Crippen molar-refractivity contribution in [1.29, 1.82) is 0 Å². The van der Waals surface area contributed by atoms with Crippen molar-refractivity contribution in [2.45, 2.75) is 84.0 Å². The van der Waals surface area contributed by atoms with Crippen molar-refractivity contribution < 1.29 is 38.3 Å². The van der Waals surface area contributed by atoms with Crippen LogP contribution in [0.4, 0.5) is 0 Å². The summed E-state index contributed by atoms with van der Waals surface area (Å²) < 4.78 is 31.8. The molecule has 0 bridgehead atoms. The molecule has 0 radical (unpaired) electrons. The van der Waals surface area contributed by atoms with Crippen LogP contribution >= 0.6 is 0 Å². The van der Waals surface area contributed by atoms with E-state index in [1.165, 1.54) is 57.8 Å². The quantitative estimate of drug-likeness (QED) is 0.122. The van der Waals surface area contributed by atoms with Gasteiger partial charge in [-0.2, -0.15) is 0 Å². The van der Waals surface area contributed by atoms with Crippen molar-refractivity contribution in [1.82, 2.24) is 0 Å². The summed E-state index contributed by atoms with van der Waals surface area (Å²) >= 11 is 0. The van der Waals surface area contributed by atoms with Crippen LogP contribution in [0, 0.1) is 0 Å². The van der Waals surface area contributed by atoms with Crippen LogP contribution in [0.15, 0.2) is 0 Å². The van der Waals surface area contributed by atoms with Crippen molar-refractivity contribution in [3.8, 4) is 0 Å². The van der Waals surface area contributed by atoms with Gasteiger partial charge in [0.2, 0.25) is 0 Å². The molecule has 204 valence electrons. The Morgan fingerprint density at radius 2 is 0.853 bits per heavy atom. The first-order valence-electron chi connectivity index (χ1n) is 13.5. The summed E-state index contributed by atoms with van der Waals surface area (Å²) in [7, 11) is 0. The van der Waals surface area contributed by atoms with Gasteiger partial charge in [-0.15, -0.1) is 0 Å². The Balaban J connectivity index is 3.13. The monoisotopic (exact) mass is 492 g/mol. The fourth-order valence-corrected chi connectivity index (χ4v) is 3.27. The van der Waals surface area contributed by atoms with E-state index in [4.69, 9.17) is 33.5 Å². The third kappa shape index (κ3) is 29.3. The first kappa shape index (κ1) is 33.2. The van der Waals surface area contributed by atoms with Gasteiger partial charge in [-0.25, -0.2) is 0 Å². The molecule has 0 aliphatic heterocycles. The van der Waals surface area contributed by atoms with E-state index >= 15 is 0 Å². The van der Waals surface area contributed by atoms with Gasteiger partial charge in [-0.1, -0.05) is 71.1 Å². The van der Waals surface area contributed by atoms with Crippen LogP contribution in [0.3, 0.4) is 0 Å². The van der Waals surface area contributed by atoms with Gasteiger partial charge in [-0.3, -0.25) is 4.79 Å². The topological polar surface area (TPSA) is 92.7 Å². The van der Waals surface area contributed by atoms with Crippen molar-refractivity contribution in [3.63, 3.8) is 0 Å². The van der Waals surface area contributed by atoms with E-state index in [0.717, 1.165) is 12.8 Å². The first-order chi connectivity index (χ1) is 16.8. The highest BCUT2D eigenvalue weighted by molar-refractivity contribution is 5.69. The minimum Gasteiger partial charge on any atom is -0.463 e. The van der Waals surface area contributed by atoms with Gasteiger partial charge in [0.05, 0.1) is 72.7 Å². The second-order valence-electron chi connectivity index (χ2n) is 8.29. The maximum absolute atomic E-state index is 11.7. The highest BCUT2D eigenvalue weighted by atomic mass is 16.6. The molecule has 0 saturated heterocycles. The molecule has 0 unspecified atom stereocenters. The van der Waals surface area contributed by atoms with E-state index < -0.39 is 0 Å². The Labute approximate surface area is 207 Å². The number of hydrogen-bond donors (Lipinski definition) is 1. The molecule has 8 heteroatoms. The van der Waals surface area contributed by atoms with Gasteiger partial charge in [-0.05, 0) is 6.42 Å². The Kier molecular flexibility index (Phi) is 29.6. The minimum atomic E-state index is -0.130. The van der Waals surface area contributed by atoms with Crippen LogP contribution in [-0.4, -0.2) is 90.4 Å². The molecule has 0 amide bonds. The number of ether oxygens (including phenoxy) is 6. The van der Waals surface area contributed by atoms with Crippen molar-refractivity contribution in [2.24, 2.45) is 0 Å². The number of rotatable bonds is 29. The molecule has 0 fully saturated rings. The molecule has 0 atom stereocenters. The summed E-state index contributed by atoms with van der Waals surface area (Å²) in [6, 6.07) is 0. The predicted molar refractivity (Wildman–Crippen MR) is 133 cm³/mol. The SMILES string of the molecule is CCCCCCCCCCCCCC(=O)OCCOCCOCCOCCOCCOCCO. The molecule has 0 heterocycles. The molecule has 8 nitrogen and oxygen atoms in total. The fraction of sp³-hybridized carbons (Fsp3) is 0.962. The molecule has 1 N–H and O–H groups in total.